The smallest absolute Gasteiger partial charge is 0.231 e. The van der Waals surface area contributed by atoms with Crippen LogP contribution >= 0.6 is 0 Å². The molecule has 62 valence electrons. The molecule has 0 rings (SSSR count). The highest BCUT2D eigenvalue weighted by atomic mass is 16.1. The third kappa shape index (κ3) is 5.37. The van der Waals surface area contributed by atoms with Gasteiger partial charge in [0.1, 0.15) is 0 Å². The lowest BCUT2D eigenvalue weighted by Crippen LogP contribution is -2.34. The van der Waals surface area contributed by atoms with Crippen molar-refractivity contribution in [3.8, 4) is 6.07 Å². The minimum absolute atomic E-state index is 0.248. The van der Waals surface area contributed by atoms with Crippen LogP contribution in [0.15, 0.2) is 0 Å². The van der Waals surface area contributed by atoms with Crippen molar-refractivity contribution < 1.29 is 4.79 Å². The first kappa shape index (κ1) is 9.92. The Hall–Kier alpha value is -1.08. The van der Waals surface area contributed by atoms with Crippen LogP contribution < -0.4 is 5.73 Å². The molecule has 0 fully saturated rings. The van der Waals surface area contributed by atoms with E-state index < -0.39 is 0 Å². The van der Waals surface area contributed by atoms with Gasteiger partial charge in [-0.15, -0.1) is 0 Å². The minimum Gasteiger partial charge on any atom is -0.369 e. The Morgan fingerprint density at radius 1 is 1.73 bits per heavy atom. The Bertz CT molecular complexity index is 162. The van der Waals surface area contributed by atoms with Gasteiger partial charge in [-0.1, -0.05) is 6.92 Å². The zero-order valence-corrected chi connectivity index (χ0v) is 6.71. The summed E-state index contributed by atoms with van der Waals surface area (Å²) in [5.41, 5.74) is 4.98. The zero-order valence-electron chi connectivity index (χ0n) is 6.71. The monoisotopic (exact) mass is 155 g/mol. The highest BCUT2D eigenvalue weighted by Gasteiger charge is 2.03. The number of nitrogens with zero attached hydrogens (tertiary/aromatic N) is 2. The van der Waals surface area contributed by atoms with Crippen molar-refractivity contribution >= 4 is 5.91 Å². The van der Waals surface area contributed by atoms with Crippen LogP contribution in [-0.4, -0.2) is 30.4 Å². The quantitative estimate of drug-likeness (QED) is 0.593. The standard InChI is InChI=1S/C7H13N3O/c1-2-10(5-3-4-8)6-7(9)11/h2-3,5-6H2,1H3,(H2,9,11). The topological polar surface area (TPSA) is 70.1 Å². The van der Waals surface area contributed by atoms with Crippen LogP contribution in [0.2, 0.25) is 0 Å². The molecule has 0 aliphatic rings. The van der Waals surface area contributed by atoms with Crippen LogP contribution in [0.25, 0.3) is 0 Å². The summed E-state index contributed by atoms with van der Waals surface area (Å²) in [6.07, 6.45) is 0.446. The maximum absolute atomic E-state index is 10.4. The molecular weight excluding hydrogens is 142 g/mol. The van der Waals surface area contributed by atoms with E-state index in [1.807, 2.05) is 17.9 Å². The molecule has 0 bridgehead atoms. The SMILES string of the molecule is CCN(CCC#N)CC(N)=O. The van der Waals surface area contributed by atoms with E-state index in [1.165, 1.54) is 0 Å². The zero-order chi connectivity index (χ0) is 8.69. The molecule has 1 amide bonds. The number of hydrogen-bond acceptors (Lipinski definition) is 3. The Morgan fingerprint density at radius 3 is 2.73 bits per heavy atom. The molecule has 0 heterocycles. The van der Waals surface area contributed by atoms with Crippen LogP contribution in [0.1, 0.15) is 13.3 Å². The van der Waals surface area contributed by atoms with Gasteiger partial charge in [0.05, 0.1) is 12.6 Å². The maximum atomic E-state index is 10.4. The van der Waals surface area contributed by atoms with E-state index >= 15 is 0 Å². The molecule has 0 radical (unpaired) electrons. The number of primary amides is 1. The summed E-state index contributed by atoms with van der Waals surface area (Å²) in [4.78, 5) is 12.3. The third-order valence-electron chi connectivity index (χ3n) is 1.37. The molecule has 4 nitrogen and oxygen atoms in total. The third-order valence-corrected chi connectivity index (χ3v) is 1.37. The first-order chi connectivity index (χ1) is 5.20. The number of hydrogen-bond donors (Lipinski definition) is 1. The van der Waals surface area contributed by atoms with Gasteiger partial charge in [-0.3, -0.25) is 9.69 Å². The molecule has 2 N–H and O–H groups in total. The van der Waals surface area contributed by atoms with Gasteiger partial charge in [-0.25, -0.2) is 0 Å². The number of amides is 1. The van der Waals surface area contributed by atoms with Crippen LogP contribution in [-0.2, 0) is 4.79 Å². The van der Waals surface area contributed by atoms with Gasteiger partial charge in [0, 0.05) is 13.0 Å². The molecule has 0 unspecified atom stereocenters. The second-order valence-electron chi connectivity index (χ2n) is 2.24. The summed E-state index contributed by atoms with van der Waals surface area (Å²) in [5.74, 6) is -0.343. The summed E-state index contributed by atoms with van der Waals surface area (Å²) in [7, 11) is 0. The maximum Gasteiger partial charge on any atom is 0.231 e. The van der Waals surface area contributed by atoms with Gasteiger partial charge in [-0.2, -0.15) is 5.26 Å². The molecule has 0 aromatic heterocycles. The molecule has 0 aliphatic heterocycles. The Morgan fingerprint density at radius 2 is 2.36 bits per heavy atom. The summed E-state index contributed by atoms with van der Waals surface area (Å²) < 4.78 is 0. The minimum atomic E-state index is -0.343. The lowest BCUT2D eigenvalue weighted by Gasteiger charge is -2.15. The van der Waals surface area contributed by atoms with Crippen molar-refractivity contribution in [2.45, 2.75) is 13.3 Å². The molecule has 4 heteroatoms. The van der Waals surface area contributed by atoms with Gasteiger partial charge in [0.25, 0.3) is 0 Å². The molecule has 0 saturated carbocycles. The average Bonchev–Trinajstić information content (AvgIpc) is 1.97. The van der Waals surface area contributed by atoms with E-state index in [4.69, 9.17) is 11.0 Å². The highest BCUT2D eigenvalue weighted by Crippen LogP contribution is 1.88. The fraction of sp³-hybridized carbons (Fsp3) is 0.714. The number of likely N-dealkylation sites (N-methyl/N-ethyl adjacent to an activating group) is 1. The average molecular weight is 155 g/mol. The number of nitriles is 1. The fourth-order valence-corrected chi connectivity index (χ4v) is 0.777. The summed E-state index contributed by atoms with van der Waals surface area (Å²) in [5, 5.41) is 8.25. The van der Waals surface area contributed by atoms with Crippen LogP contribution in [0, 0.1) is 11.3 Å². The van der Waals surface area contributed by atoms with Crippen LogP contribution in [0.5, 0.6) is 0 Å². The number of carbonyl (C=O) groups excluding carboxylic acids is 1. The van der Waals surface area contributed by atoms with Gasteiger partial charge in [0.15, 0.2) is 0 Å². The predicted octanol–water partition coefficient (Wildman–Crippen LogP) is -0.293. The van der Waals surface area contributed by atoms with Gasteiger partial charge < -0.3 is 5.73 Å². The normalized spacial score (nSPS) is 9.55. The Kier molecular flexibility index (Phi) is 5.13. The lowest BCUT2D eigenvalue weighted by atomic mass is 10.4. The van der Waals surface area contributed by atoms with Crippen LogP contribution in [0.3, 0.4) is 0 Å². The molecule has 0 saturated heterocycles. The molecule has 0 aromatic rings. The second-order valence-corrected chi connectivity index (χ2v) is 2.24. The second kappa shape index (κ2) is 5.69. The summed E-state index contributed by atoms with van der Waals surface area (Å²) in [6, 6.07) is 2.01. The number of rotatable bonds is 5. The van der Waals surface area contributed by atoms with Crippen molar-refractivity contribution in [2.24, 2.45) is 5.73 Å². The van der Waals surface area contributed by atoms with Crippen LogP contribution in [0.4, 0.5) is 0 Å². The van der Waals surface area contributed by atoms with E-state index in [-0.39, 0.29) is 12.5 Å². The molecule has 0 spiro atoms. The van der Waals surface area contributed by atoms with Gasteiger partial charge in [-0.05, 0) is 6.54 Å². The summed E-state index contributed by atoms with van der Waals surface area (Å²) in [6.45, 7) is 3.55. The van der Waals surface area contributed by atoms with E-state index in [2.05, 4.69) is 0 Å². The number of carbonyl (C=O) groups is 1. The van der Waals surface area contributed by atoms with E-state index in [0.717, 1.165) is 6.54 Å². The molecule has 0 atom stereocenters. The molecule has 11 heavy (non-hydrogen) atoms. The molecular formula is C7H13N3O. The molecule has 0 aliphatic carbocycles. The predicted molar refractivity (Wildman–Crippen MR) is 41.5 cm³/mol. The highest BCUT2D eigenvalue weighted by molar-refractivity contribution is 5.75. The fourth-order valence-electron chi connectivity index (χ4n) is 0.777. The Labute approximate surface area is 66.6 Å². The van der Waals surface area contributed by atoms with Crippen molar-refractivity contribution in [3.63, 3.8) is 0 Å². The number of nitrogens with two attached hydrogens (primary N) is 1. The van der Waals surface area contributed by atoms with E-state index in [0.29, 0.717) is 13.0 Å². The molecule has 0 aromatic carbocycles. The summed E-state index contributed by atoms with van der Waals surface area (Å²) >= 11 is 0. The van der Waals surface area contributed by atoms with Crippen molar-refractivity contribution in [1.82, 2.24) is 4.90 Å². The Balaban J connectivity index is 3.59. The largest absolute Gasteiger partial charge is 0.369 e. The van der Waals surface area contributed by atoms with Gasteiger partial charge >= 0.3 is 0 Å². The van der Waals surface area contributed by atoms with Gasteiger partial charge in [0.2, 0.25) is 5.91 Å². The lowest BCUT2D eigenvalue weighted by molar-refractivity contribution is -0.119. The van der Waals surface area contributed by atoms with E-state index in [9.17, 15) is 4.79 Å². The van der Waals surface area contributed by atoms with Crippen molar-refractivity contribution in [2.75, 3.05) is 19.6 Å². The first-order valence-electron chi connectivity index (χ1n) is 3.58. The van der Waals surface area contributed by atoms with Crippen molar-refractivity contribution in [1.29, 1.82) is 5.26 Å². The van der Waals surface area contributed by atoms with Crippen molar-refractivity contribution in [3.05, 3.63) is 0 Å². The first-order valence-corrected chi connectivity index (χ1v) is 3.58. The van der Waals surface area contributed by atoms with E-state index in [1.54, 1.807) is 0 Å².